The number of aryl methyl sites for hydroxylation is 1. The quantitative estimate of drug-likeness (QED) is 0.494. The van der Waals surface area contributed by atoms with E-state index in [0.29, 0.717) is 28.1 Å². The number of aliphatic carboxylic acids is 1. The molecule has 9 heteroatoms. The van der Waals surface area contributed by atoms with Gasteiger partial charge in [-0.15, -0.1) is 0 Å². The van der Waals surface area contributed by atoms with Gasteiger partial charge in [0.1, 0.15) is 5.75 Å². The van der Waals surface area contributed by atoms with Crippen LogP contribution in [0, 0.1) is 24.2 Å². The van der Waals surface area contributed by atoms with E-state index in [1.807, 2.05) is 0 Å². The van der Waals surface area contributed by atoms with Crippen molar-refractivity contribution in [3.63, 3.8) is 0 Å². The molecule has 2 N–H and O–H groups in total. The molecule has 0 bridgehead atoms. The standard InChI is InChI=1S/C26H30ClNO6S/c1-7-12-35(32,33)23-15-18(16(2)13-21(23)28-17(3)29)8-9-19-14-20(27)10-11-22(19)34-24(25(30)31)26(4,5)6/h10-11,13-15,24H,7,12H2,1-6H3,(H,28,29)(H,30,31). The Morgan fingerprint density at radius 2 is 1.77 bits per heavy atom. The first kappa shape index (κ1) is 28.2. The summed E-state index contributed by atoms with van der Waals surface area (Å²) in [6, 6.07) is 7.70. The summed E-state index contributed by atoms with van der Waals surface area (Å²) in [6.07, 6.45) is -0.716. The number of benzene rings is 2. The molecule has 0 spiro atoms. The second kappa shape index (κ2) is 11.1. The van der Waals surface area contributed by atoms with Crippen molar-refractivity contribution in [2.75, 3.05) is 11.1 Å². The van der Waals surface area contributed by atoms with E-state index in [0.717, 1.165) is 0 Å². The molecule has 0 radical (unpaired) electrons. The molecule has 0 aliphatic rings. The zero-order valence-electron chi connectivity index (χ0n) is 20.7. The lowest BCUT2D eigenvalue weighted by Crippen LogP contribution is -2.39. The van der Waals surface area contributed by atoms with E-state index >= 15 is 0 Å². The lowest BCUT2D eigenvalue weighted by Gasteiger charge is -2.28. The van der Waals surface area contributed by atoms with Crippen molar-refractivity contribution in [1.82, 2.24) is 0 Å². The van der Waals surface area contributed by atoms with Gasteiger partial charge >= 0.3 is 5.97 Å². The summed E-state index contributed by atoms with van der Waals surface area (Å²) in [5.74, 6) is 4.58. The van der Waals surface area contributed by atoms with Gasteiger partial charge in [-0.05, 0) is 49.2 Å². The van der Waals surface area contributed by atoms with Crippen LogP contribution in [0.15, 0.2) is 35.2 Å². The molecular formula is C26H30ClNO6S. The van der Waals surface area contributed by atoms with Crippen molar-refractivity contribution in [2.24, 2.45) is 5.41 Å². The fourth-order valence-electron chi connectivity index (χ4n) is 3.31. The molecule has 1 amide bonds. The monoisotopic (exact) mass is 519 g/mol. The number of nitrogens with one attached hydrogen (secondary N) is 1. The van der Waals surface area contributed by atoms with Crippen LogP contribution in [0.4, 0.5) is 5.69 Å². The van der Waals surface area contributed by atoms with Crippen LogP contribution in [-0.4, -0.2) is 37.3 Å². The van der Waals surface area contributed by atoms with Gasteiger partial charge in [0.15, 0.2) is 15.9 Å². The molecule has 0 aliphatic carbocycles. The van der Waals surface area contributed by atoms with Gasteiger partial charge in [-0.3, -0.25) is 4.79 Å². The van der Waals surface area contributed by atoms with E-state index in [2.05, 4.69) is 17.2 Å². The minimum atomic E-state index is -3.66. The molecule has 1 unspecified atom stereocenters. The summed E-state index contributed by atoms with van der Waals surface area (Å²) in [4.78, 5) is 23.4. The third-order valence-electron chi connectivity index (χ3n) is 4.97. The average molecular weight is 520 g/mol. The highest BCUT2D eigenvalue weighted by Gasteiger charge is 2.34. The number of carboxylic acids is 1. The molecule has 0 aromatic heterocycles. The van der Waals surface area contributed by atoms with Gasteiger partial charge in [-0.2, -0.15) is 0 Å². The average Bonchev–Trinajstić information content (AvgIpc) is 2.70. The van der Waals surface area contributed by atoms with Crippen LogP contribution in [0.1, 0.15) is 57.7 Å². The number of sulfone groups is 1. The molecule has 0 saturated heterocycles. The van der Waals surface area contributed by atoms with Crippen molar-refractivity contribution >= 4 is 39.0 Å². The number of anilines is 1. The SMILES string of the molecule is CCCS(=O)(=O)c1cc(C#Cc2cc(Cl)ccc2OC(C(=O)O)C(C)(C)C)c(C)cc1NC(C)=O. The Morgan fingerprint density at radius 1 is 1.14 bits per heavy atom. The largest absolute Gasteiger partial charge is 0.478 e. The summed E-state index contributed by atoms with van der Waals surface area (Å²) in [6.45, 7) is 10.1. The van der Waals surface area contributed by atoms with Gasteiger partial charge in [0.05, 0.1) is 21.9 Å². The maximum atomic E-state index is 12.9. The smallest absolute Gasteiger partial charge is 0.345 e. The van der Waals surface area contributed by atoms with Gasteiger partial charge in [-0.25, -0.2) is 13.2 Å². The lowest BCUT2D eigenvalue weighted by molar-refractivity contribution is -0.150. The predicted molar refractivity (Wildman–Crippen MR) is 137 cm³/mol. The molecule has 188 valence electrons. The minimum Gasteiger partial charge on any atom is -0.478 e. The van der Waals surface area contributed by atoms with Gasteiger partial charge in [0.2, 0.25) is 5.91 Å². The number of carbonyl (C=O) groups excluding carboxylic acids is 1. The fourth-order valence-corrected chi connectivity index (χ4v) is 4.98. The second-order valence-electron chi connectivity index (χ2n) is 9.26. The topological polar surface area (TPSA) is 110 Å². The van der Waals surface area contributed by atoms with E-state index in [1.54, 1.807) is 58.9 Å². The van der Waals surface area contributed by atoms with Crippen molar-refractivity contribution in [1.29, 1.82) is 0 Å². The zero-order valence-corrected chi connectivity index (χ0v) is 22.2. The molecule has 7 nitrogen and oxygen atoms in total. The van der Waals surface area contributed by atoms with E-state index in [9.17, 15) is 23.1 Å². The number of rotatable bonds is 7. The predicted octanol–water partition coefficient (Wildman–Crippen LogP) is 5.07. The molecule has 35 heavy (non-hydrogen) atoms. The van der Waals surface area contributed by atoms with Crippen LogP contribution in [0.5, 0.6) is 5.75 Å². The van der Waals surface area contributed by atoms with Crippen LogP contribution in [-0.2, 0) is 19.4 Å². The summed E-state index contributed by atoms with van der Waals surface area (Å²) in [5.41, 5.74) is 0.964. The highest BCUT2D eigenvalue weighted by molar-refractivity contribution is 7.91. The highest BCUT2D eigenvalue weighted by atomic mass is 35.5. The van der Waals surface area contributed by atoms with Crippen LogP contribution in [0.25, 0.3) is 0 Å². The Labute approximate surface area is 211 Å². The van der Waals surface area contributed by atoms with Gasteiger partial charge in [0, 0.05) is 22.9 Å². The van der Waals surface area contributed by atoms with Crippen molar-refractivity contribution in [3.8, 4) is 17.6 Å². The lowest BCUT2D eigenvalue weighted by atomic mass is 9.89. The maximum Gasteiger partial charge on any atom is 0.345 e. The van der Waals surface area contributed by atoms with Crippen LogP contribution < -0.4 is 10.1 Å². The van der Waals surface area contributed by atoms with E-state index < -0.39 is 27.3 Å². The summed E-state index contributed by atoms with van der Waals surface area (Å²) in [5, 5.41) is 12.6. The van der Waals surface area contributed by atoms with Gasteiger partial charge in [-0.1, -0.05) is 51.1 Å². The summed E-state index contributed by atoms with van der Waals surface area (Å²) >= 11 is 6.15. The molecule has 0 fully saturated rings. The zero-order chi connectivity index (χ0) is 26.6. The molecule has 2 aromatic rings. The first-order chi connectivity index (χ1) is 16.2. The number of hydrogen-bond acceptors (Lipinski definition) is 5. The second-order valence-corrected chi connectivity index (χ2v) is 11.8. The fraction of sp³-hybridized carbons (Fsp3) is 0.385. The number of ether oxygens (including phenoxy) is 1. The van der Waals surface area contributed by atoms with Crippen LogP contribution in [0.2, 0.25) is 5.02 Å². The van der Waals surface area contributed by atoms with Crippen molar-refractivity contribution in [2.45, 2.75) is 59.0 Å². The Morgan fingerprint density at radius 3 is 2.31 bits per heavy atom. The third-order valence-corrected chi connectivity index (χ3v) is 7.16. The minimum absolute atomic E-state index is 0.00862. The summed E-state index contributed by atoms with van der Waals surface area (Å²) < 4.78 is 31.5. The summed E-state index contributed by atoms with van der Waals surface area (Å²) in [7, 11) is -3.66. The Balaban J connectivity index is 2.62. The number of carbonyl (C=O) groups is 2. The molecule has 2 aromatic carbocycles. The first-order valence-electron chi connectivity index (χ1n) is 11.0. The molecule has 0 aliphatic heterocycles. The van der Waals surface area contributed by atoms with Crippen molar-refractivity contribution < 1.29 is 27.9 Å². The highest BCUT2D eigenvalue weighted by Crippen LogP contribution is 2.30. The Bertz CT molecular complexity index is 1300. The van der Waals surface area contributed by atoms with Gasteiger partial charge in [0.25, 0.3) is 0 Å². The third kappa shape index (κ3) is 7.48. The molecular weight excluding hydrogens is 490 g/mol. The molecule has 0 heterocycles. The van der Waals surface area contributed by atoms with Crippen LogP contribution in [0.3, 0.4) is 0 Å². The van der Waals surface area contributed by atoms with E-state index in [1.165, 1.54) is 13.0 Å². The van der Waals surface area contributed by atoms with Gasteiger partial charge < -0.3 is 15.2 Å². The Kier molecular flexibility index (Phi) is 8.99. The normalized spacial score (nSPS) is 12.3. The van der Waals surface area contributed by atoms with E-state index in [-0.39, 0.29) is 28.0 Å². The number of carboxylic acid groups (broad SMARTS) is 1. The van der Waals surface area contributed by atoms with Crippen LogP contribution >= 0.6 is 11.6 Å². The van der Waals surface area contributed by atoms with E-state index in [4.69, 9.17) is 16.3 Å². The first-order valence-corrected chi connectivity index (χ1v) is 13.0. The number of amides is 1. The molecule has 2 rings (SSSR count). The maximum absolute atomic E-state index is 12.9. The molecule has 0 saturated carbocycles. The molecule has 1 atom stereocenters. The Hall–Kier alpha value is -3.02. The van der Waals surface area contributed by atoms with Crippen molar-refractivity contribution in [3.05, 3.63) is 52.0 Å². The number of hydrogen-bond donors (Lipinski definition) is 2. The number of halogens is 1.